The van der Waals surface area contributed by atoms with E-state index in [2.05, 4.69) is 9.98 Å². The van der Waals surface area contributed by atoms with Crippen LogP contribution in [0.1, 0.15) is 5.69 Å². The molecule has 0 amide bonds. The van der Waals surface area contributed by atoms with Crippen LogP contribution in [-0.4, -0.2) is 17.5 Å². The summed E-state index contributed by atoms with van der Waals surface area (Å²) in [6.07, 6.45) is 1.72. The zero-order valence-electron chi connectivity index (χ0n) is 7.47. The van der Waals surface area contributed by atoms with Gasteiger partial charge in [-0.15, -0.1) is 6.54 Å². The molecule has 2 rings (SSSR count). The number of hydrogen-bond acceptors (Lipinski definition) is 3. The summed E-state index contributed by atoms with van der Waals surface area (Å²) in [4.78, 5) is 8.10. The number of aromatic nitrogens is 1. The molecule has 1 aliphatic heterocycles. The van der Waals surface area contributed by atoms with Crippen molar-refractivity contribution in [1.29, 1.82) is 0 Å². The second-order valence-electron chi connectivity index (χ2n) is 2.14. The minimum atomic E-state index is 0. The molecule has 1 aliphatic rings. The van der Waals surface area contributed by atoms with Crippen LogP contribution in [0.5, 0.6) is 0 Å². The van der Waals surface area contributed by atoms with E-state index >= 15 is 0 Å². The Labute approximate surface area is 112 Å². The first-order valence-electron chi connectivity index (χ1n) is 3.40. The van der Waals surface area contributed by atoms with Crippen molar-refractivity contribution in [2.24, 2.45) is 4.99 Å². The van der Waals surface area contributed by atoms with Gasteiger partial charge in [-0.1, -0.05) is 6.07 Å². The zero-order valence-corrected chi connectivity index (χ0v) is 11.2. The first-order valence-corrected chi connectivity index (χ1v) is 3.40. The standard InChI is InChI=1S/C8H7N2O.CH3.Pr/c1-2-4-9-7(3-1)8-10-5-6-11-8;;/h1-5H,6H2;1H3;/q2*-1;. The molecule has 0 saturated heterocycles. The largest absolute Gasteiger partial charge is 0.572 e. The Balaban J connectivity index is 0.000000720. The van der Waals surface area contributed by atoms with Gasteiger partial charge < -0.3 is 17.2 Å². The van der Waals surface area contributed by atoms with Crippen molar-refractivity contribution in [3.8, 4) is 0 Å². The third-order valence-corrected chi connectivity index (χ3v) is 1.39. The van der Waals surface area contributed by atoms with E-state index in [9.17, 15) is 0 Å². The first-order chi connectivity index (χ1) is 5.47. The van der Waals surface area contributed by atoms with Gasteiger partial charge in [0.25, 0.3) is 0 Å². The normalized spacial score (nSPS) is 12.8. The molecule has 1 aromatic heterocycles. The molecule has 0 fully saturated rings. The van der Waals surface area contributed by atoms with Crippen LogP contribution in [0.4, 0.5) is 0 Å². The quantitative estimate of drug-likeness (QED) is 0.736. The molecule has 0 atom stereocenters. The number of rotatable bonds is 1. The molecule has 2 heterocycles. The van der Waals surface area contributed by atoms with Gasteiger partial charge in [0.05, 0.1) is 5.90 Å². The van der Waals surface area contributed by atoms with Crippen LogP contribution in [-0.2, 0) is 4.74 Å². The Kier molecular flexibility index (Phi) is 6.26. The molecule has 0 aromatic carbocycles. The molecule has 1 aromatic rings. The van der Waals surface area contributed by atoms with Crippen LogP contribution in [0.2, 0.25) is 0 Å². The Morgan fingerprint density at radius 1 is 1.38 bits per heavy atom. The van der Waals surface area contributed by atoms with E-state index < -0.39 is 0 Å². The minimum Gasteiger partial charge on any atom is -0.572 e. The van der Waals surface area contributed by atoms with Crippen molar-refractivity contribution in [3.63, 3.8) is 0 Å². The van der Waals surface area contributed by atoms with Crippen LogP contribution < -0.4 is 0 Å². The zero-order chi connectivity index (χ0) is 7.52. The maximum Gasteiger partial charge on any atom is 0.0790 e. The Bertz CT molecular complexity index is 274. The maximum absolute atomic E-state index is 5.17. The van der Waals surface area contributed by atoms with E-state index in [4.69, 9.17) is 4.74 Å². The van der Waals surface area contributed by atoms with Crippen LogP contribution in [0, 0.1) is 55.3 Å². The Hall–Kier alpha value is -0.146. The molecule has 0 saturated carbocycles. The molecule has 0 aliphatic carbocycles. The SMILES string of the molecule is [CH3-].[Pr].c1ccc(C2=N[CH-]CO2)nc1. The average molecular weight is 303 g/mol. The van der Waals surface area contributed by atoms with E-state index in [0.717, 1.165) is 5.69 Å². The third kappa shape index (κ3) is 3.24. The fourth-order valence-corrected chi connectivity index (χ4v) is 0.903. The summed E-state index contributed by atoms with van der Waals surface area (Å²) in [5, 5.41) is 0. The van der Waals surface area contributed by atoms with Crippen molar-refractivity contribution < 1.29 is 46.0 Å². The molecule has 67 valence electrons. The smallest absolute Gasteiger partial charge is 0.0790 e. The summed E-state index contributed by atoms with van der Waals surface area (Å²) in [5.74, 6) is 0.616. The van der Waals surface area contributed by atoms with Crippen LogP contribution in [0.15, 0.2) is 29.4 Å². The summed E-state index contributed by atoms with van der Waals surface area (Å²) >= 11 is 0. The Morgan fingerprint density at radius 2 is 2.23 bits per heavy atom. The topological polar surface area (TPSA) is 34.5 Å². The predicted molar refractivity (Wildman–Crippen MR) is 47.4 cm³/mol. The Morgan fingerprint density at radius 3 is 2.77 bits per heavy atom. The molecule has 1 radical (unpaired) electrons. The summed E-state index contributed by atoms with van der Waals surface area (Å²) < 4.78 is 5.17. The summed E-state index contributed by atoms with van der Waals surface area (Å²) in [6.45, 7) is 2.29. The molecular formula is C9H10N2OPr-2. The van der Waals surface area contributed by atoms with Crippen molar-refractivity contribution in [3.05, 3.63) is 44.1 Å². The molecular weight excluding hydrogens is 293 g/mol. The van der Waals surface area contributed by atoms with Gasteiger partial charge in [0.2, 0.25) is 0 Å². The van der Waals surface area contributed by atoms with Crippen molar-refractivity contribution in [2.45, 2.75) is 0 Å². The van der Waals surface area contributed by atoms with Crippen LogP contribution in [0.3, 0.4) is 0 Å². The third-order valence-electron chi connectivity index (χ3n) is 1.39. The number of hydrogen-bond donors (Lipinski definition) is 0. The van der Waals surface area contributed by atoms with Crippen molar-refractivity contribution >= 4 is 5.90 Å². The number of aliphatic imine (C=N–C) groups is 1. The molecule has 0 bridgehead atoms. The maximum atomic E-state index is 5.17. The molecule has 3 nitrogen and oxygen atoms in total. The first kappa shape index (κ1) is 12.9. The van der Waals surface area contributed by atoms with Gasteiger partial charge in [-0.3, -0.25) is 4.98 Å². The molecule has 0 unspecified atom stereocenters. The van der Waals surface area contributed by atoms with Crippen LogP contribution >= 0.6 is 0 Å². The van der Waals surface area contributed by atoms with Gasteiger partial charge in [-0.25, -0.2) is 0 Å². The van der Waals surface area contributed by atoms with E-state index in [1.807, 2.05) is 18.2 Å². The van der Waals surface area contributed by atoms with Gasteiger partial charge in [0.1, 0.15) is 0 Å². The predicted octanol–water partition coefficient (Wildman–Crippen LogP) is 1.47. The number of nitrogens with zero attached hydrogens (tertiary/aromatic N) is 2. The molecule has 13 heavy (non-hydrogen) atoms. The summed E-state index contributed by atoms with van der Waals surface area (Å²) in [6, 6.07) is 5.65. The second kappa shape index (κ2) is 6.33. The molecule has 0 spiro atoms. The molecule has 4 heteroatoms. The van der Waals surface area contributed by atoms with E-state index in [1.54, 1.807) is 12.7 Å². The second-order valence-corrected chi connectivity index (χ2v) is 2.14. The fourth-order valence-electron chi connectivity index (χ4n) is 0.903. The van der Waals surface area contributed by atoms with Gasteiger partial charge >= 0.3 is 0 Å². The molecule has 0 N–H and O–H groups in total. The summed E-state index contributed by atoms with van der Waals surface area (Å²) in [7, 11) is 0. The van der Waals surface area contributed by atoms with E-state index in [0.29, 0.717) is 12.5 Å². The van der Waals surface area contributed by atoms with Gasteiger partial charge in [0.15, 0.2) is 0 Å². The van der Waals surface area contributed by atoms with Gasteiger partial charge in [-0.2, -0.15) is 0 Å². The van der Waals surface area contributed by atoms with Gasteiger partial charge in [0, 0.05) is 59.8 Å². The van der Waals surface area contributed by atoms with Crippen molar-refractivity contribution in [1.82, 2.24) is 4.98 Å². The fraction of sp³-hybridized carbons (Fsp3) is 0.111. The average Bonchev–Trinajstić information content (AvgIpc) is 2.58. The summed E-state index contributed by atoms with van der Waals surface area (Å²) in [5.41, 5.74) is 0.793. The van der Waals surface area contributed by atoms with E-state index in [-0.39, 0.29) is 48.7 Å². The van der Waals surface area contributed by atoms with E-state index in [1.165, 1.54) is 0 Å². The van der Waals surface area contributed by atoms with Gasteiger partial charge in [-0.05, 0) is 12.1 Å². The monoisotopic (exact) mass is 303 g/mol. The number of pyridine rings is 1. The number of ether oxygens (including phenoxy) is 1. The minimum absolute atomic E-state index is 0. The van der Waals surface area contributed by atoms with Crippen molar-refractivity contribution in [2.75, 3.05) is 6.61 Å². The van der Waals surface area contributed by atoms with Crippen LogP contribution in [0.25, 0.3) is 0 Å².